The lowest BCUT2D eigenvalue weighted by atomic mass is 9.97. The highest BCUT2D eigenvalue weighted by Crippen LogP contribution is 2.25. The first-order valence-electron chi connectivity index (χ1n) is 5.13. The second-order valence-corrected chi connectivity index (χ2v) is 3.40. The molecule has 0 aromatic heterocycles. The molecule has 0 spiro atoms. The average Bonchev–Trinajstić information content (AvgIpc) is 2.22. The highest BCUT2D eigenvalue weighted by atomic mass is 35.5. The van der Waals surface area contributed by atoms with Gasteiger partial charge in [0.05, 0.1) is 6.04 Å². The van der Waals surface area contributed by atoms with E-state index in [9.17, 15) is 0 Å². The summed E-state index contributed by atoms with van der Waals surface area (Å²) in [6.07, 6.45) is 7.96. The number of nitrogens with two attached hydrogens (primary N) is 1. The zero-order chi connectivity index (χ0) is 10.6. The smallest absolute Gasteiger partial charge is 0.159 e. The molecule has 5 heteroatoms. The second kappa shape index (κ2) is 8.09. The number of halogens is 2. The summed E-state index contributed by atoms with van der Waals surface area (Å²) in [5.74, 6) is 0. The summed E-state index contributed by atoms with van der Waals surface area (Å²) in [7, 11) is 1.71. The van der Waals surface area contributed by atoms with Crippen LogP contribution in [0.15, 0.2) is 24.3 Å². The van der Waals surface area contributed by atoms with E-state index in [0.29, 0.717) is 0 Å². The molecule has 0 saturated carbocycles. The number of ether oxygens (including phenoxy) is 1. The summed E-state index contributed by atoms with van der Waals surface area (Å²) in [6, 6.07) is -0.0996. The average molecular weight is 269 g/mol. The van der Waals surface area contributed by atoms with Crippen LogP contribution in [0, 0.1) is 0 Å². The highest BCUT2D eigenvalue weighted by molar-refractivity contribution is 5.85. The van der Waals surface area contributed by atoms with Gasteiger partial charge in [-0.15, -0.1) is 24.8 Å². The van der Waals surface area contributed by atoms with Crippen molar-refractivity contribution in [1.29, 1.82) is 0 Å². The van der Waals surface area contributed by atoms with Crippen LogP contribution in [0.25, 0.3) is 0 Å². The van der Waals surface area contributed by atoms with Gasteiger partial charge in [0.1, 0.15) is 0 Å². The van der Waals surface area contributed by atoms with Gasteiger partial charge in [0.25, 0.3) is 0 Å². The lowest BCUT2D eigenvalue weighted by Crippen LogP contribution is -2.60. The van der Waals surface area contributed by atoms with Crippen LogP contribution in [0.3, 0.4) is 0 Å². The van der Waals surface area contributed by atoms with Crippen LogP contribution in [-0.2, 0) is 4.74 Å². The van der Waals surface area contributed by atoms with E-state index in [0.717, 1.165) is 13.1 Å². The minimum absolute atomic E-state index is 0. The molecule has 0 amide bonds. The SMILES string of the molecule is CCN(CC)C1(OC)C=CC=CC1N.Cl.Cl. The van der Waals surface area contributed by atoms with E-state index in [1.54, 1.807) is 7.11 Å². The molecule has 0 aliphatic heterocycles. The molecular weight excluding hydrogens is 247 g/mol. The molecule has 0 bridgehead atoms. The normalized spacial score (nSPS) is 27.4. The van der Waals surface area contributed by atoms with Gasteiger partial charge in [-0.05, 0) is 19.2 Å². The summed E-state index contributed by atoms with van der Waals surface area (Å²) in [5, 5.41) is 0. The number of nitrogens with zero attached hydrogens (tertiary/aromatic N) is 1. The van der Waals surface area contributed by atoms with Gasteiger partial charge in [-0.2, -0.15) is 0 Å². The Morgan fingerprint density at radius 3 is 2.19 bits per heavy atom. The summed E-state index contributed by atoms with van der Waals surface area (Å²) in [4.78, 5) is 2.22. The molecule has 0 aromatic carbocycles. The molecule has 1 rings (SSSR count). The zero-order valence-electron chi connectivity index (χ0n) is 10.1. The monoisotopic (exact) mass is 268 g/mol. The molecule has 2 N–H and O–H groups in total. The number of likely N-dealkylation sites (N-methyl/N-ethyl adjacent to an activating group) is 1. The first kappa shape index (κ1) is 18.3. The molecule has 0 aromatic rings. The Hall–Kier alpha value is -0.0600. The maximum atomic E-state index is 6.07. The van der Waals surface area contributed by atoms with Crippen LogP contribution in [0.4, 0.5) is 0 Å². The lowest BCUT2D eigenvalue weighted by Gasteiger charge is -2.43. The molecule has 0 heterocycles. The number of allylic oxidation sites excluding steroid dienone is 2. The molecule has 0 saturated heterocycles. The van der Waals surface area contributed by atoms with Gasteiger partial charge in [0.15, 0.2) is 5.72 Å². The Morgan fingerprint density at radius 2 is 1.81 bits per heavy atom. The Morgan fingerprint density at radius 1 is 1.25 bits per heavy atom. The molecule has 16 heavy (non-hydrogen) atoms. The zero-order valence-corrected chi connectivity index (χ0v) is 11.7. The first-order chi connectivity index (χ1) is 6.71. The fourth-order valence-electron chi connectivity index (χ4n) is 1.99. The molecule has 0 radical (unpaired) electrons. The van der Waals surface area contributed by atoms with Crippen molar-refractivity contribution in [3.8, 4) is 0 Å². The third-order valence-electron chi connectivity index (χ3n) is 2.83. The van der Waals surface area contributed by atoms with Gasteiger partial charge in [0, 0.05) is 7.11 Å². The molecule has 1 aliphatic carbocycles. The Bertz CT molecular complexity index is 242. The van der Waals surface area contributed by atoms with Crippen molar-refractivity contribution in [2.24, 2.45) is 5.73 Å². The van der Waals surface area contributed by atoms with Crippen LogP contribution in [-0.4, -0.2) is 36.9 Å². The minimum atomic E-state index is -0.460. The van der Waals surface area contributed by atoms with E-state index in [1.807, 2.05) is 24.3 Å². The van der Waals surface area contributed by atoms with Gasteiger partial charge < -0.3 is 10.5 Å². The van der Waals surface area contributed by atoms with Gasteiger partial charge in [-0.3, -0.25) is 4.90 Å². The van der Waals surface area contributed by atoms with Crippen LogP contribution in [0.5, 0.6) is 0 Å². The van der Waals surface area contributed by atoms with Crippen molar-refractivity contribution in [3.63, 3.8) is 0 Å². The topological polar surface area (TPSA) is 38.5 Å². The largest absolute Gasteiger partial charge is 0.358 e. The molecule has 0 fully saturated rings. The molecule has 1 aliphatic rings. The van der Waals surface area contributed by atoms with Gasteiger partial charge in [-0.1, -0.05) is 32.1 Å². The third kappa shape index (κ3) is 3.22. The van der Waals surface area contributed by atoms with Crippen molar-refractivity contribution >= 4 is 24.8 Å². The fraction of sp³-hybridized carbons (Fsp3) is 0.636. The molecular formula is C11H22Cl2N2O. The first-order valence-corrected chi connectivity index (χ1v) is 5.13. The van der Waals surface area contributed by atoms with Crippen LogP contribution in [0.2, 0.25) is 0 Å². The van der Waals surface area contributed by atoms with E-state index < -0.39 is 5.72 Å². The summed E-state index contributed by atoms with van der Waals surface area (Å²) >= 11 is 0. The van der Waals surface area contributed by atoms with E-state index >= 15 is 0 Å². The molecule has 96 valence electrons. The second-order valence-electron chi connectivity index (χ2n) is 3.40. The van der Waals surface area contributed by atoms with Crippen molar-refractivity contribution in [2.45, 2.75) is 25.6 Å². The molecule has 2 atom stereocenters. The van der Waals surface area contributed by atoms with E-state index in [4.69, 9.17) is 10.5 Å². The number of methoxy groups -OCH3 is 1. The van der Waals surface area contributed by atoms with Crippen LogP contribution >= 0.6 is 24.8 Å². The lowest BCUT2D eigenvalue weighted by molar-refractivity contribution is -0.103. The summed E-state index contributed by atoms with van der Waals surface area (Å²) in [6.45, 7) is 6.08. The fourth-order valence-corrected chi connectivity index (χ4v) is 1.99. The number of hydrogen-bond acceptors (Lipinski definition) is 3. The number of hydrogen-bond donors (Lipinski definition) is 1. The van der Waals surface area contributed by atoms with E-state index in [2.05, 4.69) is 18.7 Å². The van der Waals surface area contributed by atoms with E-state index in [-0.39, 0.29) is 30.9 Å². The standard InChI is InChI=1S/C11H20N2O.2ClH/c1-4-13(5-2)11(14-3)9-7-6-8-10(11)12;;/h6-10H,4-5,12H2,1-3H3;2*1H. The van der Waals surface area contributed by atoms with Gasteiger partial charge >= 0.3 is 0 Å². The van der Waals surface area contributed by atoms with E-state index in [1.165, 1.54) is 0 Å². The summed E-state index contributed by atoms with van der Waals surface area (Å²) in [5.41, 5.74) is 5.61. The molecule has 3 nitrogen and oxygen atoms in total. The minimum Gasteiger partial charge on any atom is -0.358 e. The maximum absolute atomic E-state index is 6.07. The predicted molar refractivity (Wildman–Crippen MR) is 73.4 cm³/mol. The van der Waals surface area contributed by atoms with Gasteiger partial charge in [-0.25, -0.2) is 0 Å². The van der Waals surface area contributed by atoms with Crippen LogP contribution < -0.4 is 5.73 Å². The van der Waals surface area contributed by atoms with Gasteiger partial charge in [0.2, 0.25) is 0 Å². The Balaban J connectivity index is 0. The van der Waals surface area contributed by atoms with Crippen molar-refractivity contribution in [3.05, 3.63) is 24.3 Å². The van der Waals surface area contributed by atoms with Crippen molar-refractivity contribution < 1.29 is 4.74 Å². The predicted octanol–water partition coefficient (Wildman–Crippen LogP) is 1.97. The summed E-state index contributed by atoms with van der Waals surface area (Å²) < 4.78 is 5.60. The van der Waals surface area contributed by atoms with Crippen molar-refractivity contribution in [2.75, 3.05) is 20.2 Å². The number of rotatable bonds is 4. The van der Waals surface area contributed by atoms with Crippen LogP contribution in [0.1, 0.15) is 13.8 Å². The van der Waals surface area contributed by atoms with Crippen molar-refractivity contribution in [1.82, 2.24) is 4.90 Å². The Labute approximate surface area is 111 Å². The third-order valence-corrected chi connectivity index (χ3v) is 2.83. The Kier molecular flexibility index (Phi) is 9.26. The maximum Gasteiger partial charge on any atom is 0.159 e. The molecule has 2 unspecified atom stereocenters. The highest BCUT2D eigenvalue weighted by Gasteiger charge is 2.38. The quantitative estimate of drug-likeness (QED) is 0.793.